The number of rotatable bonds is 8. The molecule has 1 heterocycles. The Bertz CT molecular complexity index is 254. The number of esters is 1. The number of carbonyl (C=O) groups is 1. The quantitative estimate of drug-likeness (QED) is 0.664. The van der Waals surface area contributed by atoms with Gasteiger partial charge in [-0.3, -0.25) is 4.79 Å². The van der Waals surface area contributed by atoms with Gasteiger partial charge in [0, 0.05) is 6.04 Å². The van der Waals surface area contributed by atoms with E-state index in [4.69, 9.17) is 9.47 Å². The van der Waals surface area contributed by atoms with E-state index in [-0.39, 0.29) is 12.0 Å². The monoisotopic (exact) mass is 259 g/mol. The number of hydrogen-bond donors (Lipinski definition) is 1. The third-order valence-electron chi connectivity index (χ3n) is 2.95. The maximum atomic E-state index is 11.7. The van der Waals surface area contributed by atoms with Gasteiger partial charge >= 0.3 is 5.97 Å². The van der Waals surface area contributed by atoms with Crippen molar-refractivity contribution in [3.05, 3.63) is 0 Å². The summed E-state index contributed by atoms with van der Waals surface area (Å²) in [6.45, 7) is 4.05. The van der Waals surface area contributed by atoms with Crippen LogP contribution in [-0.2, 0) is 14.3 Å². The fourth-order valence-electron chi connectivity index (χ4n) is 1.71. The first-order chi connectivity index (χ1) is 8.29. The zero-order valence-electron chi connectivity index (χ0n) is 10.3. The second kappa shape index (κ2) is 6.61. The Labute approximate surface area is 107 Å². The van der Waals surface area contributed by atoms with Crippen molar-refractivity contribution in [1.29, 1.82) is 0 Å². The third-order valence-corrected chi connectivity index (χ3v) is 4.17. The standard InChI is InChI=1S/C12H21NO3S/c1-2-16-12(14)11(13-9-3-4-9)5-6-17-10-7-15-8-10/h9-11,13H,2-8H2,1H3. The number of carbonyl (C=O) groups excluding carboxylic acids is 1. The van der Waals surface area contributed by atoms with Gasteiger partial charge in [0.2, 0.25) is 0 Å². The molecule has 2 fully saturated rings. The van der Waals surface area contributed by atoms with Crippen LogP contribution in [-0.4, -0.2) is 48.9 Å². The van der Waals surface area contributed by atoms with Crippen LogP contribution in [0.4, 0.5) is 0 Å². The highest BCUT2D eigenvalue weighted by atomic mass is 32.2. The Morgan fingerprint density at radius 2 is 2.29 bits per heavy atom. The van der Waals surface area contributed by atoms with Crippen molar-refractivity contribution in [2.75, 3.05) is 25.6 Å². The number of nitrogens with one attached hydrogen (secondary N) is 1. The average molecular weight is 259 g/mol. The first-order valence-electron chi connectivity index (χ1n) is 6.41. The van der Waals surface area contributed by atoms with E-state index in [0.29, 0.717) is 17.9 Å². The summed E-state index contributed by atoms with van der Waals surface area (Å²) in [6.07, 6.45) is 3.25. The molecule has 0 aromatic heterocycles. The maximum Gasteiger partial charge on any atom is 0.323 e. The predicted octanol–water partition coefficient (Wildman–Crippen LogP) is 1.19. The molecule has 1 saturated carbocycles. The Hall–Kier alpha value is -0.260. The zero-order chi connectivity index (χ0) is 12.1. The molecular formula is C12H21NO3S. The molecule has 2 aliphatic rings. The fraction of sp³-hybridized carbons (Fsp3) is 0.917. The molecule has 5 heteroatoms. The van der Waals surface area contributed by atoms with E-state index in [1.165, 1.54) is 12.8 Å². The van der Waals surface area contributed by atoms with Crippen molar-refractivity contribution in [1.82, 2.24) is 5.32 Å². The van der Waals surface area contributed by atoms with Gasteiger partial charge in [-0.15, -0.1) is 0 Å². The number of thioether (sulfide) groups is 1. The largest absolute Gasteiger partial charge is 0.465 e. The predicted molar refractivity (Wildman–Crippen MR) is 68.3 cm³/mol. The lowest BCUT2D eigenvalue weighted by atomic mass is 10.2. The van der Waals surface area contributed by atoms with Crippen LogP contribution in [0.5, 0.6) is 0 Å². The van der Waals surface area contributed by atoms with E-state index < -0.39 is 0 Å². The minimum absolute atomic E-state index is 0.0927. The van der Waals surface area contributed by atoms with Gasteiger partial charge in [-0.2, -0.15) is 11.8 Å². The van der Waals surface area contributed by atoms with Crippen LogP contribution in [0.3, 0.4) is 0 Å². The van der Waals surface area contributed by atoms with E-state index in [9.17, 15) is 4.79 Å². The van der Waals surface area contributed by atoms with Crippen LogP contribution in [0, 0.1) is 0 Å². The fourth-order valence-corrected chi connectivity index (χ4v) is 2.80. The lowest BCUT2D eigenvalue weighted by Gasteiger charge is -2.26. The van der Waals surface area contributed by atoms with Crippen LogP contribution < -0.4 is 5.32 Å². The van der Waals surface area contributed by atoms with Crippen molar-refractivity contribution in [2.24, 2.45) is 0 Å². The van der Waals surface area contributed by atoms with E-state index in [0.717, 1.165) is 25.4 Å². The van der Waals surface area contributed by atoms with Gasteiger partial charge in [-0.1, -0.05) is 0 Å². The van der Waals surface area contributed by atoms with Crippen molar-refractivity contribution >= 4 is 17.7 Å². The Balaban J connectivity index is 1.66. The summed E-state index contributed by atoms with van der Waals surface area (Å²) in [4.78, 5) is 11.7. The van der Waals surface area contributed by atoms with Gasteiger partial charge in [0.1, 0.15) is 6.04 Å². The van der Waals surface area contributed by atoms with Crippen molar-refractivity contribution in [3.63, 3.8) is 0 Å². The van der Waals surface area contributed by atoms with Crippen LogP contribution >= 0.6 is 11.8 Å². The average Bonchev–Trinajstić information content (AvgIpc) is 3.04. The molecule has 0 aromatic rings. The molecule has 0 bridgehead atoms. The molecule has 0 radical (unpaired) electrons. The Morgan fingerprint density at radius 3 is 2.82 bits per heavy atom. The second-order valence-electron chi connectivity index (χ2n) is 4.56. The van der Waals surface area contributed by atoms with Gasteiger partial charge in [0.05, 0.1) is 25.1 Å². The van der Waals surface area contributed by atoms with Crippen molar-refractivity contribution in [3.8, 4) is 0 Å². The van der Waals surface area contributed by atoms with Gasteiger partial charge < -0.3 is 14.8 Å². The van der Waals surface area contributed by atoms with Crippen LogP contribution in [0.2, 0.25) is 0 Å². The molecule has 4 nitrogen and oxygen atoms in total. The first kappa shape index (κ1) is 13.2. The number of ether oxygens (including phenoxy) is 2. The second-order valence-corrected chi connectivity index (χ2v) is 5.97. The van der Waals surface area contributed by atoms with E-state index >= 15 is 0 Å². The summed E-state index contributed by atoms with van der Waals surface area (Å²) in [5, 5.41) is 4.00. The molecule has 1 aliphatic heterocycles. The minimum atomic E-state index is -0.115. The number of hydrogen-bond acceptors (Lipinski definition) is 5. The van der Waals surface area contributed by atoms with Crippen molar-refractivity contribution < 1.29 is 14.3 Å². The SMILES string of the molecule is CCOC(=O)C(CCSC1COC1)NC1CC1. The summed E-state index contributed by atoms with van der Waals surface area (Å²) < 4.78 is 10.2. The molecule has 1 atom stereocenters. The van der Waals surface area contributed by atoms with E-state index in [2.05, 4.69) is 5.32 Å². The molecule has 0 aromatic carbocycles. The van der Waals surface area contributed by atoms with Gasteiger partial charge in [0.25, 0.3) is 0 Å². The lowest BCUT2D eigenvalue weighted by molar-refractivity contribution is -0.145. The van der Waals surface area contributed by atoms with Crippen LogP contribution in [0.25, 0.3) is 0 Å². The summed E-state index contributed by atoms with van der Waals surface area (Å²) in [7, 11) is 0. The van der Waals surface area contributed by atoms with Crippen LogP contribution in [0.1, 0.15) is 26.2 Å². The molecule has 1 saturated heterocycles. The lowest BCUT2D eigenvalue weighted by Crippen LogP contribution is -2.40. The van der Waals surface area contributed by atoms with E-state index in [1.807, 2.05) is 18.7 Å². The molecule has 17 heavy (non-hydrogen) atoms. The molecule has 98 valence electrons. The normalized spacial score (nSPS) is 21.9. The molecule has 2 rings (SSSR count). The molecular weight excluding hydrogens is 238 g/mol. The zero-order valence-corrected chi connectivity index (χ0v) is 11.1. The van der Waals surface area contributed by atoms with Crippen LogP contribution in [0.15, 0.2) is 0 Å². The van der Waals surface area contributed by atoms with Gasteiger partial charge in [-0.25, -0.2) is 0 Å². The summed E-state index contributed by atoms with van der Waals surface area (Å²) in [5.74, 6) is 0.905. The maximum absolute atomic E-state index is 11.7. The smallest absolute Gasteiger partial charge is 0.323 e. The summed E-state index contributed by atoms with van der Waals surface area (Å²) >= 11 is 1.90. The topological polar surface area (TPSA) is 47.6 Å². The highest BCUT2D eigenvalue weighted by Crippen LogP contribution is 2.23. The molecule has 1 unspecified atom stereocenters. The highest BCUT2D eigenvalue weighted by molar-refractivity contribution is 8.00. The van der Waals surface area contributed by atoms with E-state index in [1.54, 1.807) is 0 Å². The molecule has 1 aliphatic carbocycles. The van der Waals surface area contributed by atoms with Crippen molar-refractivity contribution in [2.45, 2.75) is 43.5 Å². The molecule has 0 spiro atoms. The molecule has 0 amide bonds. The summed E-state index contributed by atoms with van der Waals surface area (Å²) in [5.41, 5.74) is 0. The Kier molecular flexibility index (Phi) is 5.13. The minimum Gasteiger partial charge on any atom is -0.465 e. The van der Waals surface area contributed by atoms with Gasteiger partial charge in [0.15, 0.2) is 0 Å². The van der Waals surface area contributed by atoms with Gasteiger partial charge in [-0.05, 0) is 31.9 Å². The Morgan fingerprint density at radius 1 is 1.53 bits per heavy atom. The molecule has 1 N–H and O–H groups in total. The summed E-state index contributed by atoms with van der Waals surface area (Å²) in [6, 6.07) is 0.428. The highest BCUT2D eigenvalue weighted by Gasteiger charge is 2.29. The first-order valence-corrected chi connectivity index (χ1v) is 7.46. The third kappa shape index (κ3) is 4.48.